The van der Waals surface area contributed by atoms with Crippen molar-refractivity contribution in [2.45, 2.75) is 6.54 Å². The number of methoxy groups -OCH3 is 1. The Bertz CT molecular complexity index is 852. The van der Waals surface area contributed by atoms with E-state index in [2.05, 4.69) is 0 Å². The van der Waals surface area contributed by atoms with Crippen molar-refractivity contribution in [2.24, 2.45) is 0 Å². The molecular weight excluding hydrogens is 376 g/mol. The largest absolute Gasteiger partial charge is 0.491 e. The third-order valence-corrected chi connectivity index (χ3v) is 5.06. The summed E-state index contributed by atoms with van der Waals surface area (Å²) in [6, 6.07) is 17.0. The third kappa shape index (κ3) is 4.94. The molecule has 2 amide bonds. The first-order valence-electron chi connectivity index (χ1n) is 8.82. The van der Waals surface area contributed by atoms with E-state index < -0.39 is 0 Å². The van der Waals surface area contributed by atoms with Crippen LogP contribution in [0.25, 0.3) is 0 Å². The molecule has 6 nitrogen and oxygen atoms in total. The van der Waals surface area contributed by atoms with Crippen LogP contribution < -0.4 is 9.64 Å². The van der Waals surface area contributed by atoms with Gasteiger partial charge in [0.25, 0.3) is 11.1 Å². The van der Waals surface area contributed by atoms with Crippen molar-refractivity contribution < 1.29 is 19.1 Å². The van der Waals surface area contributed by atoms with Crippen molar-refractivity contribution >= 4 is 28.6 Å². The van der Waals surface area contributed by atoms with E-state index in [9.17, 15) is 9.59 Å². The minimum absolute atomic E-state index is 0.254. The Morgan fingerprint density at radius 3 is 2.43 bits per heavy atom. The standard InChI is InChI=1S/C21H22N2O4S/c1-22(17-8-10-18(11-9-17)27-13-12-26-2)15-19-20(24)23(21(25)28-19)14-16-6-4-3-5-7-16/h3-11,15H,12-14H2,1-2H3. The number of rotatable bonds is 8. The molecule has 1 saturated heterocycles. The zero-order valence-electron chi connectivity index (χ0n) is 15.8. The maximum atomic E-state index is 12.6. The second-order valence-electron chi connectivity index (χ2n) is 6.18. The summed E-state index contributed by atoms with van der Waals surface area (Å²) in [7, 11) is 3.47. The molecule has 0 aliphatic carbocycles. The molecule has 1 aliphatic heterocycles. The van der Waals surface area contributed by atoms with Crippen LogP contribution in [-0.4, -0.2) is 43.4 Å². The highest BCUT2D eigenvalue weighted by molar-refractivity contribution is 8.18. The van der Waals surface area contributed by atoms with Crippen molar-refractivity contribution in [1.29, 1.82) is 0 Å². The normalized spacial score (nSPS) is 15.4. The smallest absolute Gasteiger partial charge is 0.293 e. The molecule has 0 saturated carbocycles. The first kappa shape index (κ1) is 20.0. The average Bonchev–Trinajstić information content (AvgIpc) is 2.97. The maximum absolute atomic E-state index is 12.6. The van der Waals surface area contributed by atoms with Gasteiger partial charge < -0.3 is 14.4 Å². The van der Waals surface area contributed by atoms with Crippen LogP contribution in [0.3, 0.4) is 0 Å². The highest BCUT2D eigenvalue weighted by atomic mass is 32.2. The number of amides is 2. The van der Waals surface area contributed by atoms with E-state index in [0.717, 1.165) is 28.8 Å². The van der Waals surface area contributed by atoms with Gasteiger partial charge in [-0.05, 0) is 41.6 Å². The van der Waals surface area contributed by atoms with E-state index in [-0.39, 0.29) is 17.7 Å². The summed E-state index contributed by atoms with van der Waals surface area (Å²) in [4.78, 5) is 28.4. The summed E-state index contributed by atoms with van der Waals surface area (Å²) in [5.41, 5.74) is 1.80. The van der Waals surface area contributed by atoms with Crippen LogP contribution in [0.5, 0.6) is 5.75 Å². The van der Waals surface area contributed by atoms with Gasteiger partial charge in [-0.15, -0.1) is 0 Å². The summed E-state index contributed by atoms with van der Waals surface area (Å²) >= 11 is 0.959. The molecule has 2 aromatic rings. The molecule has 0 bridgehead atoms. The lowest BCUT2D eigenvalue weighted by molar-refractivity contribution is -0.123. The van der Waals surface area contributed by atoms with Gasteiger partial charge in [0.1, 0.15) is 12.4 Å². The number of anilines is 1. The Morgan fingerprint density at radius 2 is 1.75 bits per heavy atom. The molecule has 0 radical (unpaired) electrons. The number of ether oxygens (including phenoxy) is 2. The molecule has 0 unspecified atom stereocenters. The van der Waals surface area contributed by atoms with Gasteiger partial charge in [0, 0.05) is 26.0 Å². The van der Waals surface area contributed by atoms with Gasteiger partial charge in [0.2, 0.25) is 0 Å². The van der Waals surface area contributed by atoms with E-state index >= 15 is 0 Å². The van der Waals surface area contributed by atoms with Gasteiger partial charge in [0.15, 0.2) is 0 Å². The topological polar surface area (TPSA) is 59.1 Å². The van der Waals surface area contributed by atoms with Gasteiger partial charge in [-0.25, -0.2) is 0 Å². The molecule has 1 fully saturated rings. The molecule has 0 aromatic heterocycles. The van der Waals surface area contributed by atoms with Crippen LogP contribution in [0, 0.1) is 0 Å². The lowest BCUT2D eigenvalue weighted by Gasteiger charge is -2.16. The molecule has 2 aromatic carbocycles. The SMILES string of the molecule is COCCOc1ccc(N(C)C=C2SC(=O)N(Cc3ccccc3)C2=O)cc1. The van der Waals surface area contributed by atoms with E-state index in [1.807, 2.05) is 66.5 Å². The molecule has 1 heterocycles. The summed E-state index contributed by atoms with van der Waals surface area (Å²) in [6.45, 7) is 1.29. The molecule has 0 N–H and O–H groups in total. The molecule has 146 valence electrons. The molecular formula is C21H22N2O4S. The lowest BCUT2D eigenvalue weighted by Crippen LogP contribution is -2.27. The van der Waals surface area contributed by atoms with E-state index in [1.54, 1.807) is 13.3 Å². The van der Waals surface area contributed by atoms with E-state index in [1.165, 1.54) is 4.90 Å². The number of carbonyl (C=O) groups is 2. The summed E-state index contributed by atoms with van der Waals surface area (Å²) in [5, 5.41) is -0.254. The molecule has 28 heavy (non-hydrogen) atoms. The molecule has 0 spiro atoms. The average molecular weight is 398 g/mol. The van der Waals surface area contributed by atoms with Crippen LogP contribution in [0.15, 0.2) is 65.7 Å². The number of benzene rings is 2. The molecule has 0 atom stereocenters. The zero-order valence-corrected chi connectivity index (χ0v) is 16.6. The van der Waals surface area contributed by atoms with Crippen molar-refractivity contribution in [3.63, 3.8) is 0 Å². The number of imide groups is 1. The van der Waals surface area contributed by atoms with Crippen LogP contribution in [0.4, 0.5) is 10.5 Å². The molecule has 1 aliphatic rings. The first-order chi connectivity index (χ1) is 13.6. The second kappa shape index (κ2) is 9.43. The maximum Gasteiger partial charge on any atom is 0.293 e. The van der Waals surface area contributed by atoms with Crippen LogP contribution in [0.1, 0.15) is 5.56 Å². The van der Waals surface area contributed by atoms with Gasteiger partial charge in [-0.1, -0.05) is 30.3 Å². The predicted molar refractivity (Wildman–Crippen MR) is 110 cm³/mol. The minimum atomic E-state index is -0.273. The van der Waals surface area contributed by atoms with Crippen molar-refractivity contribution in [3.05, 3.63) is 71.3 Å². The fourth-order valence-corrected chi connectivity index (χ4v) is 3.52. The first-order valence-corrected chi connectivity index (χ1v) is 9.64. The Labute approximate surface area is 168 Å². The van der Waals surface area contributed by atoms with Crippen molar-refractivity contribution in [3.8, 4) is 5.75 Å². The van der Waals surface area contributed by atoms with E-state index in [4.69, 9.17) is 9.47 Å². The number of carbonyl (C=O) groups excluding carboxylic acids is 2. The highest BCUT2D eigenvalue weighted by Crippen LogP contribution is 2.32. The van der Waals surface area contributed by atoms with Crippen molar-refractivity contribution in [2.75, 3.05) is 32.3 Å². The highest BCUT2D eigenvalue weighted by Gasteiger charge is 2.35. The number of hydrogen-bond donors (Lipinski definition) is 0. The van der Waals surface area contributed by atoms with Crippen LogP contribution in [-0.2, 0) is 16.1 Å². The second-order valence-corrected chi connectivity index (χ2v) is 7.18. The van der Waals surface area contributed by atoms with Gasteiger partial charge in [-0.3, -0.25) is 14.5 Å². The predicted octanol–water partition coefficient (Wildman–Crippen LogP) is 3.89. The fraction of sp³-hybridized carbons (Fsp3) is 0.238. The fourth-order valence-electron chi connectivity index (χ4n) is 2.66. The Balaban J connectivity index is 1.65. The molecule has 7 heteroatoms. The summed E-state index contributed by atoms with van der Waals surface area (Å²) < 4.78 is 10.5. The summed E-state index contributed by atoms with van der Waals surface area (Å²) in [5.74, 6) is 0.475. The van der Waals surface area contributed by atoms with Gasteiger partial charge in [-0.2, -0.15) is 0 Å². The number of thioether (sulfide) groups is 1. The summed E-state index contributed by atoms with van der Waals surface area (Å²) in [6.07, 6.45) is 1.69. The number of nitrogens with zero attached hydrogens (tertiary/aromatic N) is 2. The number of hydrogen-bond acceptors (Lipinski definition) is 6. The quantitative estimate of drug-likeness (QED) is 0.497. The van der Waals surface area contributed by atoms with Gasteiger partial charge >= 0.3 is 0 Å². The van der Waals surface area contributed by atoms with E-state index in [0.29, 0.717) is 18.1 Å². The Kier molecular flexibility index (Phi) is 6.73. The Hall–Kier alpha value is -2.77. The van der Waals surface area contributed by atoms with Crippen LogP contribution in [0.2, 0.25) is 0 Å². The lowest BCUT2D eigenvalue weighted by atomic mass is 10.2. The molecule has 3 rings (SSSR count). The third-order valence-electron chi connectivity index (χ3n) is 4.17. The zero-order chi connectivity index (χ0) is 19.9. The Morgan fingerprint density at radius 1 is 1.04 bits per heavy atom. The monoisotopic (exact) mass is 398 g/mol. The minimum Gasteiger partial charge on any atom is -0.491 e. The van der Waals surface area contributed by atoms with Crippen LogP contribution >= 0.6 is 11.8 Å². The van der Waals surface area contributed by atoms with Gasteiger partial charge in [0.05, 0.1) is 18.1 Å². The van der Waals surface area contributed by atoms with Crippen molar-refractivity contribution in [1.82, 2.24) is 4.90 Å².